The van der Waals surface area contributed by atoms with Crippen molar-refractivity contribution in [3.63, 3.8) is 0 Å². The summed E-state index contributed by atoms with van der Waals surface area (Å²) >= 11 is 3.46. The van der Waals surface area contributed by atoms with Crippen molar-refractivity contribution < 1.29 is 4.79 Å². The fourth-order valence-corrected chi connectivity index (χ4v) is 1.61. The molecule has 0 N–H and O–H groups in total. The van der Waals surface area contributed by atoms with Gasteiger partial charge >= 0.3 is 0 Å². The average Bonchev–Trinajstić information content (AvgIpc) is 2.52. The summed E-state index contributed by atoms with van der Waals surface area (Å²) in [5.41, 5.74) is 1.31. The topological polar surface area (TPSA) is 20.3 Å². The molecule has 0 aromatic rings. The number of nitrogens with zero attached hydrogens (tertiary/aromatic N) is 1. The van der Waals surface area contributed by atoms with Gasteiger partial charge in [0.15, 0.2) is 0 Å². The van der Waals surface area contributed by atoms with Gasteiger partial charge in [0.2, 0.25) is 6.41 Å². The van der Waals surface area contributed by atoms with Crippen LogP contribution in [-0.4, -0.2) is 29.2 Å². The van der Waals surface area contributed by atoms with E-state index in [1.165, 1.54) is 5.57 Å². The van der Waals surface area contributed by atoms with Crippen LogP contribution in [-0.2, 0) is 4.79 Å². The molecule has 1 heterocycles. The molecule has 12 heavy (non-hydrogen) atoms. The molecule has 0 saturated carbocycles. The molecule has 1 rings (SSSR count). The van der Waals surface area contributed by atoms with Crippen LogP contribution in [0.1, 0.15) is 6.42 Å². The van der Waals surface area contributed by atoms with Crippen molar-refractivity contribution in [3.8, 4) is 0 Å². The lowest BCUT2D eigenvalue weighted by atomic mass is 10.1. The van der Waals surface area contributed by atoms with Crippen molar-refractivity contribution in [2.24, 2.45) is 0 Å². The van der Waals surface area contributed by atoms with Gasteiger partial charge in [0.25, 0.3) is 0 Å². The van der Waals surface area contributed by atoms with Crippen LogP contribution in [0.2, 0.25) is 0 Å². The summed E-state index contributed by atoms with van der Waals surface area (Å²) in [7, 11) is 0. The van der Waals surface area contributed by atoms with Gasteiger partial charge in [-0.2, -0.15) is 0 Å². The van der Waals surface area contributed by atoms with Gasteiger partial charge in [-0.05, 0) is 6.42 Å². The Hall–Kier alpha value is -0.570. The molecule has 0 radical (unpaired) electrons. The van der Waals surface area contributed by atoms with Crippen LogP contribution in [0.3, 0.4) is 0 Å². The summed E-state index contributed by atoms with van der Waals surface area (Å²) < 4.78 is 0. The van der Waals surface area contributed by atoms with Crippen LogP contribution in [0, 0.1) is 0 Å². The number of carbonyl (C=O) groups excluding carboxylic acids is 1. The van der Waals surface area contributed by atoms with Crippen LogP contribution in [0.25, 0.3) is 0 Å². The van der Waals surface area contributed by atoms with Crippen molar-refractivity contribution in [2.75, 3.05) is 13.1 Å². The van der Waals surface area contributed by atoms with Gasteiger partial charge in [-0.25, -0.2) is 0 Å². The molecule has 0 bridgehead atoms. The Morgan fingerprint density at radius 2 is 2.58 bits per heavy atom. The first-order valence-corrected chi connectivity index (χ1v) is 4.81. The van der Waals surface area contributed by atoms with Crippen molar-refractivity contribution >= 4 is 22.3 Å². The second-order valence-electron chi connectivity index (χ2n) is 2.85. The normalized spacial score (nSPS) is 18.8. The minimum atomic E-state index is 0.329. The van der Waals surface area contributed by atoms with E-state index in [9.17, 15) is 4.79 Å². The Morgan fingerprint density at radius 3 is 3.08 bits per heavy atom. The number of amides is 1. The first-order chi connectivity index (χ1) is 5.76. The Balaban J connectivity index is 2.36. The maximum atomic E-state index is 10.4. The predicted octanol–water partition coefficient (Wildman–Crippen LogP) is 1.72. The number of carbonyl (C=O) groups is 1. The smallest absolute Gasteiger partial charge is 0.210 e. The zero-order valence-electron chi connectivity index (χ0n) is 6.87. The number of hydrogen-bond acceptors (Lipinski definition) is 1. The van der Waals surface area contributed by atoms with E-state index in [1.807, 2.05) is 6.08 Å². The SMILES string of the molecule is C=CC(Br)CC1=CCN(C=O)C1. The van der Waals surface area contributed by atoms with Crippen LogP contribution in [0.15, 0.2) is 24.3 Å². The van der Waals surface area contributed by atoms with E-state index >= 15 is 0 Å². The Labute approximate surface area is 81.1 Å². The first-order valence-electron chi connectivity index (χ1n) is 3.90. The van der Waals surface area contributed by atoms with Crippen LogP contribution >= 0.6 is 15.9 Å². The maximum Gasteiger partial charge on any atom is 0.210 e. The zero-order chi connectivity index (χ0) is 8.97. The molecule has 1 aliphatic rings. The second-order valence-corrected chi connectivity index (χ2v) is 4.03. The fraction of sp³-hybridized carbons (Fsp3) is 0.444. The molecule has 1 atom stereocenters. The lowest BCUT2D eigenvalue weighted by molar-refractivity contribution is -0.117. The molecule has 66 valence electrons. The summed E-state index contributed by atoms with van der Waals surface area (Å²) in [4.78, 5) is 12.4. The lowest BCUT2D eigenvalue weighted by Gasteiger charge is -2.09. The lowest BCUT2D eigenvalue weighted by Crippen LogP contribution is -2.18. The molecular weight excluding hydrogens is 218 g/mol. The fourth-order valence-electron chi connectivity index (χ4n) is 1.20. The third kappa shape index (κ3) is 2.48. The van der Waals surface area contributed by atoms with E-state index in [-0.39, 0.29) is 0 Å². The van der Waals surface area contributed by atoms with Gasteiger partial charge in [-0.3, -0.25) is 4.79 Å². The van der Waals surface area contributed by atoms with Gasteiger partial charge in [0.1, 0.15) is 0 Å². The van der Waals surface area contributed by atoms with Crippen molar-refractivity contribution in [3.05, 3.63) is 24.3 Å². The summed E-state index contributed by atoms with van der Waals surface area (Å²) in [6, 6.07) is 0. The molecule has 0 aromatic heterocycles. The first kappa shape index (κ1) is 9.52. The highest BCUT2D eigenvalue weighted by Crippen LogP contribution is 2.17. The number of allylic oxidation sites excluding steroid dienone is 1. The average molecular weight is 230 g/mol. The van der Waals surface area contributed by atoms with Crippen LogP contribution in [0.5, 0.6) is 0 Å². The third-order valence-corrected chi connectivity index (χ3v) is 2.58. The largest absolute Gasteiger partial charge is 0.338 e. The van der Waals surface area contributed by atoms with E-state index < -0.39 is 0 Å². The number of halogens is 1. The Bertz CT molecular complexity index is 213. The van der Waals surface area contributed by atoms with Gasteiger partial charge in [-0.1, -0.05) is 33.7 Å². The number of alkyl halides is 1. The zero-order valence-corrected chi connectivity index (χ0v) is 8.46. The van der Waals surface area contributed by atoms with E-state index in [0.717, 1.165) is 25.9 Å². The summed E-state index contributed by atoms with van der Waals surface area (Å²) in [5, 5.41) is 0. The molecule has 1 aliphatic heterocycles. The van der Waals surface area contributed by atoms with Gasteiger partial charge in [0.05, 0.1) is 0 Å². The Morgan fingerprint density at radius 1 is 1.83 bits per heavy atom. The molecule has 0 aliphatic carbocycles. The monoisotopic (exact) mass is 229 g/mol. The quantitative estimate of drug-likeness (QED) is 0.409. The minimum absolute atomic E-state index is 0.329. The van der Waals surface area contributed by atoms with Crippen LogP contribution < -0.4 is 0 Å². The minimum Gasteiger partial charge on any atom is -0.338 e. The van der Waals surface area contributed by atoms with Gasteiger partial charge in [-0.15, -0.1) is 6.58 Å². The highest BCUT2D eigenvalue weighted by molar-refractivity contribution is 9.09. The van der Waals surface area contributed by atoms with E-state index in [1.54, 1.807) is 4.90 Å². The molecule has 2 nitrogen and oxygen atoms in total. The molecule has 0 saturated heterocycles. The molecule has 0 spiro atoms. The van der Waals surface area contributed by atoms with E-state index in [0.29, 0.717) is 4.83 Å². The van der Waals surface area contributed by atoms with E-state index in [4.69, 9.17) is 0 Å². The van der Waals surface area contributed by atoms with Crippen molar-refractivity contribution in [1.82, 2.24) is 4.90 Å². The molecule has 1 unspecified atom stereocenters. The van der Waals surface area contributed by atoms with Crippen molar-refractivity contribution in [2.45, 2.75) is 11.2 Å². The van der Waals surface area contributed by atoms with E-state index in [2.05, 4.69) is 28.6 Å². The number of rotatable bonds is 4. The van der Waals surface area contributed by atoms with Gasteiger partial charge in [0, 0.05) is 17.9 Å². The summed E-state index contributed by atoms with van der Waals surface area (Å²) in [6.07, 6.45) is 5.81. The Kier molecular flexibility index (Phi) is 3.53. The predicted molar refractivity (Wildman–Crippen MR) is 53.2 cm³/mol. The molecule has 0 aromatic carbocycles. The molecule has 3 heteroatoms. The highest BCUT2D eigenvalue weighted by Gasteiger charge is 2.13. The molecular formula is C9H12BrNO. The molecule has 1 amide bonds. The van der Waals surface area contributed by atoms with Gasteiger partial charge < -0.3 is 4.90 Å². The highest BCUT2D eigenvalue weighted by atomic mass is 79.9. The van der Waals surface area contributed by atoms with Crippen LogP contribution in [0.4, 0.5) is 0 Å². The van der Waals surface area contributed by atoms with Crippen molar-refractivity contribution in [1.29, 1.82) is 0 Å². The maximum absolute atomic E-state index is 10.4. The third-order valence-electron chi connectivity index (χ3n) is 1.88. The molecule has 0 fully saturated rings. The standard InChI is InChI=1S/C9H12BrNO/c1-2-9(10)5-8-3-4-11(6-8)7-12/h2-3,7,9H,1,4-6H2. The second kappa shape index (κ2) is 4.45. The summed E-state index contributed by atoms with van der Waals surface area (Å²) in [5.74, 6) is 0. The number of hydrogen-bond donors (Lipinski definition) is 0. The summed E-state index contributed by atoms with van der Waals surface area (Å²) in [6.45, 7) is 5.22.